The number of likely N-dealkylation sites (N-methyl/N-ethyl adjacent to an activating group) is 1. The molecule has 1 heterocycles. The van der Waals surface area contributed by atoms with Gasteiger partial charge in [0.1, 0.15) is 0 Å². The van der Waals surface area contributed by atoms with Crippen LogP contribution in [-0.2, 0) is 0 Å². The fourth-order valence-corrected chi connectivity index (χ4v) is 2.61. The van der Waals surface area contributed by atoms with Crippen LogP contribution < -0.4 is 10.6 Å². The molecule has 0 radical (unpaired) electrons. The lowest BCUT2D eigenvalue weighted by atomic mass is 10.2. The molecule has 6 heteroatoms. The highest BCUT2D eigenvalue weighted by Gasteiger charge is 2.15. The number of nitrogens with zero attached hydrogens (tertiary/aromatic N) is 3. The van der Waals surface area contributed by atoms with Gasteiger partial charge in [-0.3, -0.25) is 4.99 Å². The van der Waals surface area contributed by atoms with Gasteiger partial charge in [0.2, 0.25) is 0 Å². The summed E-state index contributed by atoms with van der Waals surface area (Å²) in [6, 6.07) is 0. The van der Waals surface area contributed by atoms with E-state index < -0.39 is 0 Å². The number of hydrogen-bond donors (Lipinski definition) is 2. The van der Waals surface area contributed by atoms with Crippen LogP contribution in [0.5, 0.6) is 0 Å². The van der Waals surface area contributed by atoms with E-state index in [2.05, 4.69) is 54.5 Å². The molecule has 0 spiro atoms. The second-order valence-electron chi connectivity index (χ2n) is 6.94. The minimum atomic E-state index is 0.198. The Labute approximate surface area is 147 Å². The summed E-state index contributed by atoms with van der Waals surface area (Å²) >= 11 is 1.86. The molecule has 0 atom stereocenters. The Hall–Kier alpha value is -0.460. The normalized spacial score (nSPS) is 18.2. The van der Waals surface area contributed by atoms with Gasteiger partial charge in [0.15, 0.2) is 5.96 Å². The molecule has 1 fully saturated rings. The first-order valence-electron chi connectivity index (χ1n) is 8.95. The molecule has 0 aromatic heterocycles. The van der Waals surface area contributed by atoms with Crippen molar-refractivity contribution < 1.29 is 0 Å². The van der Waals surface area contributed by atoms with Crippen LogP contribution in [0.4, 0.5) is 0 Å². The monoisotopic (exact) mass is 343 g/mol. The molecule has 1 saturated heterocycles. The quantitative estimate of drug-likeness (QED) is 0.379. The largest absolute Gasteiger partial charge is 0.357 e. The Morgan fingerprint density at radius 1 is 1.13 bits per heavy atom. The van der Waals surface area contributed by atoms with E-state index in [1.165, 1.54) is 45.6 Å². The lowest BCUT2D eigenvalue weighted by Crippen LogP contribution is -2.44. The summed E-state index contributed by atoms with van der Waals surface area (Å²) in [7, 11) is 2.21. The van der Waals surface area contributed by atoms with Crippen LogP contribution >= 0.6 is 11.8 Å². The summed E-state index contributed by atoms with van der Waals surface area (Å²) in [6.07, 6.45) is 4.60. The molecule has 136 valence electrons. The average molecular weight is 344 g/mol. The second-order valence-corrected chi connectivity index (χ2v) is 8.45. The molecule has 1 aliphatic rings. The van der Waals surface area contributed by atoms with Crippen molar-refractivity contribution in [3.8, 4) is 0 Å². The molecule has 0 unspecified atom stereocenters. The molecule has 0 amide bonds. The fraction of sp³-hybridized carbons (Fsp3) is 0.941. The van der Waals surface area contributed by atoms with Crippen LogP contribution in [0.25, 0.3) is 0 Å². The molecule has 2 N–H and O–H groups in total. The number of unbranched alkanes of at least 4 members (excludes halogenated alkanes) is 1. The first-order valence-corrected chi connectivity index (χ1v) is 10.2. The first kappa shape index (κ1) is 20.6. The summed E-state index contributed by atoms with van der Waals surface area (Å²) in [5, 5.41) is 6.80. The maximum absolute atomic E-state index is 4.71. The Morgan fingerprint density at radius 3 is 2.43 bits per heavy atom. The van der Waals surface area contributed by atoms with Crippen molar-refractivity contribution in [1.29, 1.82) is 0 Å². The van der Waals surface area contributed by atoms with Crippen LogP contribution in [-0.4, -0.2) is 86.2 Å². The van der Waals surface area contributed by atoms with Crippen molar-refractivity contribution in [1.82, 2.24) is 20.4 Å². The average Bonchev–Trinajstić information content (AvgIpc) is 2.54. The molecular weight excluding hydrogens is 306 g/mol. The van der Waals surface area contributed by atoms with Gasteiger partial charge in [0.05, 0.1) is 6.54 Å². The number of thioether (sulfide) groups is 1. The first-order chi connectivity index (χ1) is 11.0. The molecule has 1 rings (SSSR count). The van der Waals surface area contributed by atoms with Crippen LogP contribution in [0.15, 0.2) is 4.99 Å². The standard InChI is InChI=1S/C17H37N5S/c1-6-18-16(20-15-17(2,3)23-5)19-9-7-8-10-22-13-11-21(4)12-14-22/h6-15H2,1-5H3,(H2,18,19,20). The summed E-state index contributed by atoms with van der Waals surface area (Å²) < 4.78 is 0.198. The van der Waals surface area contributed by atoms with Crippen LogP contribution in [0.1, 0.15) is 33.6 Å². The van der Waals surface area contributed by atoms with Crippen molar-refractivity contribution in [2.24, 2.45) is 4.99 Å². The number of hydrogen-bond acceptors (Lipinski definition) is 4. The maximum atomic E-state index is 4.71. The van der Waals surface area contributed by atoms with Gasteiger partial charge in [-0.25, -0.2) is 0 Å². The summed E-state index contributed by atoms with van der Waals surface area (Å²) in [5.74, 6) is 0.953. The zero-order chi connectivity index (χ0) is 17.1. The molecule has 0 aromatic rings. The Kier molecular flexibility index (Phi) is 9.99. The highest BCUT2D eigenvalue weighted by atomic mass is 32.2. The number of aliphatic imine (C=N–C) groups is 1. The zero-order valence-corrected chi connectivity index (χ0v) is 16.6. The third kappa shape index (κ3) is 9.42. The van der Waals surface area contributed by atoms with Gasteiger partial charge >= 0.3 is 0 Å². The van der Waals surface area contributed by atoms with E-state index in [-0.39, 0.29) is 4.75 Å². The predicted molar refractivity (Wildman–Crippen MR) is 105 cm³/mol. The van der Waals surface area contributed by atoms with Crippen LogP contribution in [0.2, 0.25) is 0 Å². The van der Waals surface area contributed by atoms with Crippen molar-refractivity contribution in [2.45, 2.75) is 38.4 Å². The van der Waals surface area contributed by atoms with Crippen molar-refractivity contribution in [3.05, 3.63) is 0 Å². The Balaban J connectivity index is 2.18. The lowest BCUT2D eigenvalue weighted by Gasteiger charge is -2.32. The third-order valence-electron chi connectivity index (χ3n) is 4.30. The second kappa shape index (κ2) is 11.2. The third-order valence-corrected chi connectivity index (χ3v) is 5.54. The van der Waals surface area contributed by atoms with Gasteiger partial charge in [0.25, 0.3) is 0 Å². The van der Waals surface area contributed by atoms with Gasteiger partial charge in [-0.15, -0.1) is 0 Å². The Morgan fingerprint density at radius 2 is 1.83 bits per heavy atom. The lowest BCUT2D eigenvalue weighted by molar-refractivity contribution is 0.152. The summed E-state index contributed by atoms with van der Waals surface area (Å²) in [5.41, 5.74) is 0. The topological polar surface area (TPSA) is 42.9 Å². The molecule has 0 aromatic carbocycles. The molecule has 0 saturated carbocycles. The van der Waals surface area contributed by atoms with E-state index in [1.54, 1.807) is 0 Å². The molecule has 5 nitrogen and oxygen atoms in total. The molecule has 1 aliphatic heterocycles. The van der Waals surface area contributed by atoms with Crippen LogP contribution in [0, 0.1) is 0 Å². The molecule has 23 heavy (non-hydrogen) atoms. The molecule has 0 bridgehead atoms. The molecule has 0 aliphatic carbocycles. The van der Waals surface area contributed by atoms with Gasteiger partial charge < -0.3 is 20.4 Å². The zero-order valence-electron chi connectivity index (χ0n) is 15.8. The number of nitrogens with one attached hydrogen (secondary N) is 2. The summed E-state index contributed by atoms with van der Waals surface area (Å²) in [4.78, 5) is 9.70. The minimum Gasteiger partial charge on any atom is -0.357 e. The van der Waals surface area contributed by atoms with E-state index in [9.17, 15) is 0 Å². The van der Waals surface area contributed by atoms with Crippen molar-refractivity contribution in [3.63, 3.8) is 0 Å². The van der Waals surface area contributed by atoms with E-state index in [4.69, 9.17) is 4.99 Å². The van der Waals surface area contributed by atoms with E-state index in [0.29, 0.717) is 0 Å². The van der Waals surface area contributed by atoms with E-state index in [0.717, 1.165) is 25.6 Å². The van der Waals surface area contributed by atoms with E-state index in [1.807, 2.05) is 11.8 Å². The van der Waals surface area contributed by atoms with E-state index >= 15 is 0 Å². The van der Waals surface area contributed by atoms with Gasteiger partial charge in [-0.1, -0.05) is 0 Å². The highest BCUT2D eigenvalue weighted by molar-refractivity contribution is 7.99. The summed E-state index contributed by atoms with van der Waals surface area (Å²) in [6.45, 7) is 15.4. The fourth-order valence-electron chi connectivity index (χ4n) is 2.41. The van der Waals surface area contributed by atoms with Crippen molar-refractivity contribution >= 4 is 17.7 Å². The van der Waals surface area contributed by atoms with Gasteiger partial charge in [-0.05, 0) is 53.5 Å². The SMILES string of the molecule is CCNC(=NCC(C)(C)SC)NCCCCN1CCN(C)CC1. The smallest absolute Gasteiger partial charge is 0.191 e. The number of piperazine rings is 1. The number of guanidine groups is 1. The van der Waals surface area contributed by atoms with Crippen LogP contribution in [0.3, 0.4) is 0 Å². The van der Waals surface area contributed by atoms with Gasteiger partial charge in [-0.2, -0.15) is 11.8 Å². The maximum Gasteiger partial charge on any atom is 0.191 e. The number of rotatable bonds is 9. The molecular formula is C17H37N5S. The predicted octanol–water partition coefficient (Wildman–Crippen LogP) is 1.71. The van der Waals surface area contributed by atoms with Crippen molar-refractivity contribution in [2.75, 3.05) is 65.7 Å². The minimum absolute atomic E-state index is 0.198. The Bertz CT molecular complexity index is 338. The highest BCUT2D eigenvalue weighted by Crippen LogP contribution is 2.20. The van der Waals surface area contributed by atoms with Gasteiger partial charge in [0, 0.05) is 44.0 Å².